The number of nitrogens with zero attached hydrogens (tertiary/aromatic N) is 3. The summed E-state index contributed by atoms with van der Waals surface area (Å²) in [6.45, 7) is 0.0372. The first-order valence-electron chi connectivity index (χ1n) is 4.64. The molecule has 76 valence electrons. The lowest BCUT2D eigenvalue weighted by Gasteiger charge is -2.20. The van der Waals surface area contributed by atoms with E-state index in [1.807, 2.05) is 22.7 Å². The summed E-state index contributed by atoms with van der Waals surface area (Å²) in [7, 11) is 1.87. The maximum absolute atomic E-state index is 10.7. The second kappa shape index (κ2) is 3.32. The molecule has 0 unspecified atom stereocenters. The predicted molar refractivity (Wildman–Crippen MR) is 51.2 cm³/mol. The summed E-state index contributed by atoms with van der Waals surface area (Å²) in [4.78, 5) is 16.7. The van der Waals surface area contributed by atoms with E-state index in [-0.39, 0.29) is 6.54 Å². The molecule has 0 atom stereocenters. The maximum Gasteiger partial charge on any atom is 0.323 e. The normalized spacial score (nSPS) is 15.5. The van der Waals surface area contributed by atoms with Crippen molar-refractivity contribution < 1.29 is 9.90 Å². The van der Waals surface area contributed by atoms with Crippen molar-refractivity contribution in [1.82, 2.24) is 9.55 Å². The summed E-state index contributed by atoms with van der Waals surface area (Å²) < 4.78 is 1.85. The van der Waals surface area contributed by atoms with E-state index in [1.165, 1.54) is 0 Å². The van der Waals surface area contributed by atoms with Crippen LogP contribution in [0.4, 0.5) is 5.95 Å². The Morgan fingerprint density at radius 3 is 2.93 bits per heavy atom. The van der Waals surface area contributed by atoms with E-state index in [2.05, 4.69) is 4.98 Å². The van der Waals surface area contributed by atoms with Crippen LogP contribution in [0, 0.1) is 0 Å². The summed E-state index contributed by atoms with van der Waals surface area (Å²) in [6, 6.07) is 0.368. The average Bonchev–Trinajstić information content (AvgIpc) is 2.86. The first-order chi connectivity index (χ1) is 6.68. The van der Waals surface area contributed by atoms with Gasteiger partial charge in [0.15, 0.2) is 0 Å². The van der Waals surface area contributed by atoms with Gasteiger partial charge in [-0.3, -0.25) is 4.79 Å². The van der Waals surface area contributed by atoms with Gasteiger partial charge in [0.25, 0.3) is 0 Å². The van der Waals surface area contributed by atoms with Gasteiger partial charge in [0, 0.05) is 25.5 Å². The van der Waals surface area contributed by atoms with Gasteiger partial charge in [-0.15, -0.1) is 0 Å². The third kappa shape index (κ3) is 1.71. The molecule has 0 bridgehead atoms. The van der Waals surface area contributed by atoms with Crippen molar-refractivity contribution in [1.29, 1.82) is 0 Å². The summed E-state index contributed by atoms with van der Waals surface area (Å²) in [5.74, 6) is -0.0604. The molecule has 0 radical (unpaired) electrons. The lowest BCUT2D eigenvalue weighted by Crippen LogP contribution is -2.33. The van der Waals surface area contributed by atoms with Crippen LogP contribution in [0.1, 0.15) is 12.8 Å². The van der Waals surface area contributed by atoms with Crippen LogP contribution in [-0.4, -0.2) is 33.2 Å². The van der Waals surface area contributed by atoms with Crippen molar-refractivity contribution in [2.45, 2.75) is 18.9 Å². The Balaban J connectivity index is 2.18. The summed E-state index contributed by atoms with van der Waals surface area (Å²) in [6.07, 6.45) is 5.65. The third-order valence-corrected chi connectivity index (χ3v) is 2.35. The molecule has 1 aliphatic rings. The maximum atomic E-state index is 10.7. The molecule has 1 aromatic heterocycles. The number of aryl methyl sites for hydroxylation is 1. The number of aliphatic carboxylic acids is 1. The van der Waals surface area contributed by atoms with Crippen LogP contribution in [0.15, 0.2) is 12.4 Å². The number of rotatable bonds is 4. The molecule has 1 saturated carbocycles. The predicted octanol–water partition coefficient (Wildman–Crippen LogP) is 0.473. The van der Waals surface area contributed by atoms with E-state index in [9.17, 15) is 4.79 Å². The number of carbonyl (C=O) groups is 1. The van der Waals surface area contributed by atoms with Gasteiger partial charge < -0.3 is 14.6 Å². The highest BCUT2D eigenvalue weighted by Gasteiger charge is 2.32. The number of hydrogen-bond donors (Lipinski definition) is 1. The fourth-order valence-corrected chi connectivity index (χ4v) is 1.53. The van der Waals surface area contributed by atoms with Crippen LogP contribution in [0.2, 0.25) is 0 Å². The van der Waals surface area contributed by atoms with E-state index < -0.39 is 5.97 Å². The molecule has 1 fully saturated rings. The van der Waals surface area contributed by atoms with Crippen molar-refractivity contribution in [3.8, 4) is 0 Å². The minimum Gasteiger partial charge on any atom is -0.480 e. The summed E-state index contributed by atoms with van der Waals surface area (Å²) in [5, 5.41) is 8.77. The number of anilines is 1. The average molecular weight is 195 g/mol. The molecule has 0 spiro atoms. The molecule has 5 heteroatoms. The minimum absolute atomic E-state index is 0.0372. The third-order valence-electron chi connectivity index (χ3n) is 2.35. The lowest BCUT2D eigenvalue weighted by molar-refractivity contribution is -0.135. The van der Waals surface area contributed by atoms with E-state index in [1.54, 1.807) is 6.20 Å². The van der Waals surface area contributed by atoms with Crippen LogP contribution < -0.4 is 4.90 Å². The molecule has 5 nitrogen and oxygen atoms in total. The molecule has 0 saturated heterocycles. The second-order valence-corrected chi connectivity index (χ2v) is 3.59. The summed E-state index contributed by atoms with van der Waals surface area (Å²) in [5.41, 5.74) is 0. The van der Waals surface area contributed by atoms with Crippen LogP contribution in [-0.2, 0) is 11.8 Å². The van der Waals surface area contributed by atoms with Gasteiger partial charge in [0.05, 0.1) is 0 Å². The van der Waals surface area contributed by atoms with Gasteiger partial charge in [-0.1, -0.05) is 0 Å². The molecule has 1 N–H and O–H groups in total. The molecule has 1 aromatic rings. The Morgan fingerprint density at radius 1 is 1.79 bits per heavy atom. The van der Waals surface area contributed by atoms with E-state index in [4.69, 9.17) is 5.11 Å². The Bertz CT molecular complexity index is 344. The van der Waals surface area contributed by atoms with E-state index in [0.29, 0.717) is 6.04 Å². The van der Waals surface area contributed by atoms with Crippen molar-refractivity contribution in [2.75, 3.05) is 11.4 Å². The fourth-order valence-electron chi connectivity index (χ4n) is 1.53. The van der Waals surface area contributed by atoms with Crippen molar-refractivity contribution in [3.63, 3.8) is 0 Å². The quantitative estimate of drug-likeness (QED) is 0.758. The van der Waals surface area contributed by atoms with Crippen molar-refractivity contribution in [2.24, 2.45) is 7.05 Å². The Labute approximate surface area is 82.0 Å². The number of imidazole rings is 1. The van der Waals surface area contributed by atoms with Gasteiger partial charge >= 0.3 is 5.97 Å². The molecule has 0 aromatic carbocycles. The second-order valence-electron chi connectivity index (χ2n) is 3.59. The summed E-state index contributed by atoms with van der Waals surface area (Å²) >= 11 is 0. The highest BCUT2D eigenvalue weighted by atomic mass is 16.4. The molecule has 14 heavy (non-hydrogen) atoms. The smallest absolute Gasteiger partial charge is 0.323 e. The fraction of sp³-hybridized carbons (Fsp3) is 0.556. The van der Waals surface area contributed by atoms with Gasteiger partial charge in [0.2, 0.25) is 5.95 Å². The number of carboxylic acids is 1. The van der Waals surface area contributed by atoms with Crippen LogP contribution in [0.3, 0.4) is 0 Å². The molecule has 0 amide bonds. The minimum atomic E-state index is -0.806. The first-order valence-corrected chi connectivity index (χ1v) is 4.64. The van der Waals surface area contributed by atoms with Crippen LogP contribution in [0.25, 0.3) is 0 Å². The SMILES string of the molecule is Cn1ccnc1N(CC(=O)O)C1CC1. The first kappa shape index (κ1) is 9.05. The molecular weight excluding hydrogens is 182 g/mol. The molecule has 1 heterocycles. The highest BCUT2D eigenvalue weighted by molar-refractivity contribution is 5.73. The zero-order chi connectivity index (χ0) is 10.1. The molecular formula is C9H13N3O2. The Morgan fingerprint density at radius 2 is 2.50 bits per heavy atom. The van der Waals surface area contributed by atoms with Crippen LogP contribution >= 0.6 is 0 Å². The highest BCUT2D eigenvalue weighted by Crippen LogP contribution is 2.29. The van der Waals surface area contributed by atoms with Gasteiger partial charge in [0.1, 0.15) is 6.54 Å². The van der Waals surface area contributed by atoms with Crippen molar-refractivity contribution in [3.05, 3.63) is 12.4 Å². The lowest BCUT2D eigenvalue weighted by atomic mass is 10.5. The largest absolute Gasteiger partial charge is 0.480 e. The zero-order valence-electron chi connectivity index (χ0n) is 8.05. The van der Waals surface area contributed by atoms with Crippen molar-refractivity contribution >= 4 is 11.9 Å². The number of aromatic nitrogens is 2. The molecule has 0 aliphatic heterocycles. The van der Waals surface area contributed by atoms with Gasteiger partial charge in [-0.05, 0) is 12.8 Å². The zero-order valence-corrected chi connectivity index (χ0v) is 8.05. The Kier molecular flexibility index (Phi) is 2.15. The Hall–Kier alpha value is -1.52. The van der Waals surface area contributed by atoms with Crippen LogP contribution in [0.5, 0.6) is 0 Å². The number of hydrogen-bond acceptors (Lipinski definition) is 3. The monoisotopic (exact) mass is 195 g/mol. The van der Waals surface area contributed by atoms with E-state index >= 15 is 0 Å². The molecule has 1 aliphatic carbocycles. The van der Waals surface area contributed by atoms with Gasteiger partial charge in [-0.25, -0.2) is 4.98 Å². The standard InChI is InChI=1S/C9H13N3O2/c1-11-5-4-10-9(11)12(6-8(13)14)7-2-3-7/h4-5,7H,2-3,6H2,1H3,(H,13,14). The molecule has 2 rings (SSSR count). The van der Waals surface area contributed by atoms with E-state index in [0.717, 1.165) is 18.8 Å². The topological polar surface area (TPSA) is 58.4 Å². The number of carboxylic acid groups (broad SMARTS) is 1. The van der Waals surface area contributed by atoms with Gasteiger partial charge in [-0.2, -0.15) is 0 Å².